The van der Waals surface area contributed by atoms with Crippen LogP contribution < -0.4 is 5.73 Å². The molecule has 0 amide bonds. The van der Waals surface area contributed by atoms with Gasteiger partial charge in [0.25, 0.3) is 0 Å². The van der Waals surface area contributed by atoms with Crippen molar-refractivity contribution < 1.29 is 0 Å². The number of allylic oxidation sites excluding steroid dienone is 1. The zero-order valence-corrected chi connectivity index (χ0v) is 5.14. The lowest BCUT2D eigenvalue weighted by Gasteiger charge is -1.99. The average Bonchev–Trinajstić information content (AvgIpc) is 1.83. The normalized spacial score (nSPS) is 12.6. The van der Waals surface area contributed by atoms with E-state index in [-0.39, 0.29) is 6.04 Å². The molecule has 46 valence electrons. The summed E-state index contributed by atoms with van der Waals surface area (Å²) in [6.07, 6.45) is 5.56. The van der Waals surface area contributed by atoms with Crippen molar-refractivity contribution in [1.29, 1.82) is 0 Å². The second kappa shape index (κ2) is 4.60. The molecule has 0 unspecified atom stereocenters. The van der Waals surface area contributed by atoms with Gasteiger partial charge in [0.1, 0.15) is 0 Å². The monoisotopic (exact) mass is 111 g/mol. The molecule has 0 saturated carbocycles. The van der Waals surface area contributed by atoms with E-state index in [9.17, 15) is 0 Å². The first-order valence-corrected chi connectivity index (χ1v) is 2.80. The molecule has 0 radical (unpaired) electrons. The van der Waals surface area contributed by atoms with Gasteiger partial charge in [0.2, 0.25) is 0 Å². The lowest BCUT2D eigenvalue weighted by Crippen LogP contribution is -2.15. The summed E-state index contributed by atoms with van der Waals surface area (Å²) in [5, 5.41) is 0. The van der Waals surface area contributed by atoms with Crippen LogP contribution in [0.2, 0.25) is 0 Å². The predicted octanol–water partition coefficient (Wildman–Crippen LogP) is 1.47. The molecule has 0 aliphatic rings. The molecule has 0 aromatic rings. The van der Waals surface area contributed by atoms with Crippen molar-refractivity contribution >= 4 is 0 Å². The van der Waals surface area contributed by atoms with E-state index in [1.165, 1.54) is 0 Å². The van der Waals surface area contributed by atoms with E-state index in [1.54, 1.807) is 6.08 Å². The van der Waals surface area contributed by atoms with E-state index < -0.39 is 0 Å². The highest BCUT2D eigenvalue weighted by Gasteiger charge is 1.90. The Morgan fingerprint density at radius 2 is 2.12 bits per heavy atom. The van der Waals surface area contributed by atoms with E-state index in [2.05, 4.69) is 13.2 Å². The fourth-order valence-corrected chi connectivity index (χ4v) is 0.428. The van der Waals surface area contributed by atoms with Crippen molar-refractivity contribution in [3.8, 4) is 0 Å². The maximum Gasteiger partial charge on any atom is 0.0224 e. The third-order valence-electron chi connectivity index (χ3n) is 1.01. The van der Waals surface area contributed by atoms with Crippen LogP contribution in [0.3, 0.4) is 0 Å². The van der Waals surface area contributed by atoms with Crippen LogP contribution in [0.25, 0.3) is 0 Å². The van der Waals surface area contributed by atoms with Crippen LogP contribution in [0.15, 0.2) is 25.3 Å². The lowest BCUT2D eigenvalue weighted by molar-refractivity contribution is 0.736. The molecule has 1 heteroatoms. The van der Waals surface area contributed by atoms with Gasteiger partial charge in [-0.3, -0.25) is 0 Å². The lowest BCUT2D eigenvalue weighted by atomic mass is 10.2. The summed E-state index contributed by atoms with van der Waals surface area (Å²) in [6, 6.07) is 0.146. The topological polar surface area (TPSA) is 26.0 Å². The quantitative estimate of drug-likeness (QED) is 0.546. The summed E-state index contributed by atoms with van der Waals surface area (Å²) >= 11 is 0. The molecule has 1 atom stereocenters. The van der Waals surface area contributed by atoms with Gasteiger partial charge in [0.05, 0.1) is 0 Å². The van der Waals surface area contributed by atoms with E-state index >= 15 is 0 Å². The third kappa shape index (κ3) is 3.62. The Balaban J connectivity index is 3.09. The summed E-state index contributed by atoms with van der Waals surface area (Å²) < 4.78 is 0. The van der Waals surface area contributed by atoms with Gasteiger partial charge < -0.3 is 5.73 Å². The molecular formula is C7H13N. The highest BCUT2D eigenvalue weighted by atomic mass is 14.6. The first kappa shape index (κ1) is 7.44. The van der Waals surface area contributed by atoms with Crippen LogP contribution in [0.1, 0.15) is 12.8 Å². The largest absolute Gasteiger partial charge is 0.324 e. The smallest absolute Gasteiger partial charge is 0.0224 e. The molecule has 0 aromatic heterocycles. The molecule has 0 aromatic carbocycles. The van der Waals surface area contributed by atoms with Gasteiger partial charge in [-0.2, -0.15) is 0 Å². The minimum atomic E-state index is 0.146. The second-order valence-corrected chi connectivity index (χ2v) is 1.77. The van der Waals surface area contributed by atoms with Gasteiger partial charge in [-0.25, -0.2) is 0 Å². The zero-order valence-electron chi connectivity index (χ0n) is 5.14. The maximum absolute atomic E-state index is 5.49. The Morgan fingerprint density at radius 3 is 2.50 bits per heavy atom. The molecule has 0 aliphatic heterocycles. The van der Waals surface area contributed by atoms with E-state index in [0.29, 0.717) is 0 Å². The van der Waals surface area contributed by atoms with Crippen molar-refractivity contribution in [3.05, 3.63) is 25.3 Å². The van der Waals surface area contributed by atoms with Crippen LogP contribution in [0.5, 0.6) is 0 Å². The Labute approximate surface area is 50.9 Å². The maximum atomic E-state index is 5.49. The number of hydrogen-bond donors (Lipinski definition) is 1. The van der Waals surface area contributed by atoms with Gasteiger partial charge in [-0.05, 0) is 12.8 Å². The van der Waals surface area contributed by atoms with Crippen LogP contribution in [0, 0.1) is 0 Å². The predicted molar refractivity (Wildman–Crippen MR) is 37.6 cm³/mol. The Bertz CT molecular complexity index is 76.5. The molecule has 8 heavy (non-hydrogen) atoms. The molecule has 0 aliphatic carbocycles. The zero-order chi connectivity index (χ0) is 6.41. The van der Waals surface area contributed by atoms with Gasteiger partial charge >= 0.3 is 0 Å². The van der Waals surface area contributed by atoms with Crippen molar-refractivity contribution in [3.63, 3.8) is 0 Å². The highest BCUT2D eigenvalue weighted by Crippen LogP contribution is 1.93. The fraction of sp³-hybridized carbons (Fsp3) is 0.429. The summed E-state index contributed by atoms with van der Waals surface area (Å²) in [7, 11) is 0. The minimum absolute atomic E-state index is 0.146. The van der Waals surface area contributed by atoms with Gasteiger partial charge in [-0.15, -0.1) is 13.2 Å². The molecule has 0 heterocycles. The highest BCUT2D eigenvalue weighted by molar-refractivity contribution is 4.84. The molecule has 0 saturated heterocycles. The minimum Gasteiger partial charge on any atom is -0.324 e. The fourth-order valence-electron chi connectivity index (χ4n) is 0.428. The summed E-state index contributed by atoms with van der Waals surface area (Å²) in [5.74, 6) is 0. The standard InChI is InChI=1S/C7H13N/c1-3-5-6-7(8)4-2/h3-4,7H,1-2,5-6,8H2/t7-/m0/s1. The van der Waals surface area contributed by atoms with Crippen molar-refractivity contribution in [2.24, 2.45) is 5.73 Å². The number of nitrogens with two attached hydrogens (primary N) is 1. The molecular weight excluding hydrogens is 98.1 g/mol. The van der Waals surface area contributed by atoms with Crippen molar-refractivity contribution in [1.82, 2.24) is 0 Å². The van der Waals surface area contributed by atoms with Crippen LogP contribution in [0.4, 0.5) is 0 Å². The van der Waals surface area contributed by atoms with E-state index in [4.69, 9.17) is 5.73 Å². The molecule has 2 N–H and O–H groups in total. The first-order valence-electron chi connectivity index (χ1n) is 2.80. The SMILES string of the molecule is C=CCC[C@@H](N)C=C. The molecule has 0 fully saturated rings. The Morgan fingerprint density at radius 1 is 1.50 bits per heavy atom. The van der Waals surface area contributed by atoms with Gasteiger partial charge in [0.15, 0.2) is 0 Å². The second-order valence-electron chi connectivity index (χ2n) is 1.77. The number of hydrogen-bond acceptors (Lipinski definition) is 1. The summed E-state index contributed by atoms with van der Waals surface area (Å²) in [4.78, 5) is 0. The molecule has 0 rings (SSSR count). The van der Waals surface area contributed by atoms with Crippen LogP contribution in [-0.2, 0) is 0 Å². The summed E-state index contributed by atoms with van der Waals surface area (Å²) in [5.41, 5.74) is 5.49. The average molecular weight is 111 g/mol. The van der Waals surface area contributed by atoms with Crippen molar-refractivity contribution in [2.75, 3.05) is 0 Å². The Kier molecular flexibility index (Phi) is 4.27. The molecule has 1 nitrogen and oxygen atoms in total. The Hall–Kier alpha value is -0.560. The van der Waals surface area contributed by atoms with Crippen LogP contribution in [-0.4, -0.2) is 6.04 Å². The molecule has 0 spiro atoms. The first-order chi connectivity index (χ1) is 3.81. The van der Waals surface area contributed by atoms with E-state index in [1.807, 2.05) is 6.08 Å². The number of rotatable bonds is 4. The van der Waals surface area contributed by atoms with Crippen molar-refractivity contribution in [2.45, 2.75) is 18.9 Å². The third-order valence-corrected chi connectivity index (χ3v) is 1.01. The molecule has 0 bridgehead atoms. The van der Waals surface area contributed by atoms with Gasteiger partial charge in [0, 0.05) is 6.04 Å². The van der Waals surface area contributed by atoms with Gasteiger partial charge in [-0.1, -0.05) is 12.2 Å². The van der Waals surface area contributed by atoms with E-state index in [0.717, 1.165) is 12.8 Å². The van der Waals surface area contributed by atoms with Crippen LogP contribution >= 0.6 is 0 Å². The summed E-state index contributed by atoms with van der Waals surface area (Å²) in [6.45, 7) is 7.13.